The largest absolute Gasteiger partial charge is 0.462 e. The van der Waals surface area contributed by atoms with E-state index in [1.807, 2.05) is 0 Å². The van der Waals surface area contributed by atoms with Gasteiger partial charge in [-0.15, -0.1) is 0 Å². The van der Waals surface area contributed by atoms with E-state index >= 15 is 0 Å². The molecule has 6 heteroatoms. The van der Waals surface area contributed by atoms with E-state index < -0.39 is 6.10 Å². The lowest BCUT2D eigenvalue weighted by Crippen LogP contribution is -2.30. The van der Waals surface area contributed by atoms with Crippen LogP contribution in [0.2, 0.25) is 0 Å². The van der Waals surface area contributed by atoms with Gasteiger partial charge in [-0.25, -0.2) is 0 Å². The highest BCUT2D eigenvalue weighted by Crippen LogP contribution is 2.16. The van der Waals surface area contributed by atoms with Crippen molar-refractivity contribution in [3.63, 3.8) is 0 Å². The topological polar surface area (TPSA) is 78.9 Å². The predicted octanol–water partition coefficient (Wildman–Crippen LogP) is 16.1. The average molecular weight is 815 g/mol. The minimum atomic E-state index is -0.781. The lowest BCUT2D eigenvalue weighted by molar-refractivity contribution is -0.167. The summed E-state index contributed by atoms with van der Waals surface area (Å²) in [7, 11) is 0. The average Bonchev–Trinajstić information content (AvgIpc) is 3.22. The van der Waals surface area contributed by atoms with Gasteiger partial charge in [-0.2, -0.15) is 0 Å². The number of hydrogen-bond acceptors (Lipinski definition) is 6. The minimum Gasteiger partial charge on any atom is -0.462 e. The Bertz CT molecular complexity index is 984. The molecule has 0 aromatic heterocycles. The summed E-state index contributed by atoms with van der Waals surface area (Å²) in [6, 6.07) is 0. The first-order valence-corrected chi connectivity index (χ1v) is 25.0. The Morgan fingerprint density at radius 3 is 1.05 bits per heavy atom. The van der Waals surface area contributed by atoms with Gasteiger partial charge in [0.1, 0.15) is 13.2 Å². The Balaban J connectivity index is 4.36. The van der Waals surface area contributed by atoms with Gasteiger partial charge < -0.3 is 14.2 Å². The molecular weight excluding hydrogens is 721 g/mol. The summed E-state index contributed by atoms with van der Waals surface area (Å²) in [4.78, 5) is 37.8. The predicted molar refractivity (Wildman–Crippen MR) is 247 cm³/mol. The molecule has 0 aliphatic carbocycles. The summed E-state index contributed by atoms with van der Waals surface area (Å²) >= 11 is 0. The molecule has 6 nitrogen and oxygen atoms in total. The number of allylic oxidation sites excluding steroid dienone is 6. The normalized spacial score (nSPS) is 12.3. The van der Waals surface area contributed by atoms with Crippen LogP contribution in [0.5, 0.6) is 0 Å². The van der Waals surface area contributed by atoms with Crippen LogP contribution >= 0.6 is 0 Å². The van der Waals surface area contributed by atoms with Crippen LogP contribution in [-0.4, -0.2) is 37.2 Å². The number of ether oxygens (including phenoxy) is 3. The van der Waals surface area contributed by atoms with Gasteiger partial charge in [0.25, 0.3) is 0 Å². The molecular formula is C52H94O6. The number of hydrogen-bond donors (Lipinski definition) is 0. The number of rotatable bonds is 45. The summed E-state index contributed by atoms with van der Waals surface area (Å²) in [5, 5.41) is 0. The van der Waals surface area contributed by atoms with Crippen molar-refractivity contribution in [1.82, 2.24) is 0 Å². The second kappa shape index (κ2) is 47.3. The lowest BCUT2D eigenvalue weighted by atomic mass is 10.0. The molecule has 338 valence electrons. The van der Waals surface area contributed by atoms with E-state index in [1.165, 1.54) is 135 Å². The van der Waals surface area contributed by atoms with Crippen LogP contribution < -0.4 is 0 Å². The molecule has 0 rings (SSSR count). The molecule has 0 aliphatic heterocycles. The highest BCUT2D eigenvalue weighted by atomic mass is 16.6. The number of carbonyl (C=O) groups is 3. The maximum atomic E-state index is 12.7. The van der Waals surface area contributed by atoms with Gasteiger partial charge in [0.15, 0.2) is 6.10 Å². The highest BCUT2D eigenvalue weighted by molar-refractivity contribution is 5.71. The van der Waals surface area contributed by atoms with E-state index in [2.05, 4.69) is 57.2 Å². The zero-order chi connectivity index (χ0) is 42.3. The Hall–Kier alpha value is -2.37. The zero-order valence-electron chi connectivity index (χ0n) is 38.6. The van der Waals surface area contributed by atoms with Crippen molar-refractivity contribution < 1.29 is 28.6 Å². The molecule has 0 spiro atoms. The van der Waals surface area contributed by atoms with Gasteiger partial charge in [-0.1, -0.05) is 224 Å². The van der Waals surface area contributed by atoms with E-state index in [0.29, 0.717) is 19.3 Å². The monoisotopic (exact) mass is 815 g/mol. The van der Waals surface area contributed by atoms with Crippen LogP contribution in [0.4, 0.5) is 0 Å². The van der Waals surface area contributed by atoms with Gasteiger partial charge >= 0.3 is 17.9 Å². The molecule has 0 radical (unpaired) electrons. The zero-order valence-corrected chi connectivity index (χ0v) is 38.6. The van der Waals surface area contributed by atoms with Crippen LogP contribution in [0.1, 0.15) is 258 Å². The van der Waals surface area contributed by atoms with E-state index in [1.54, 1.807) is 0 Å². The third kappa shape index (κ3) is 44.7. The number of esters is 3. The lowest BCUT2D eigenvalue weighted by Gasteiger charge is -2.18. The summed E-state index contributed by atoms with van der Waals surface area (Å²) in [6.07, 6.45) is 54.1. The second-order valence-corrected chi connectivity index (χ2v) is 16.7. The van der Waals surface area contributed by atoms with Crippen molar-refractivity contribution in [2.24, 2.45) is 0 Å². The van der Waals surface area contributed by atoms with Crippen LogP contribution in [0, 0.1) is 0 Å². The molecule has 0 N–H and O–H groups in total. The standard InChI is InChI=1S/C52H94O6/c1-4-7-10-13-16-19-22-24-25-26-28-30-33-36-39-42-45-51(54)57-48-49(47-56-50(53)44-41-38-35-32-29-21-18-15-12-9-6-3)58-52(55)46-43-40-37-34-31-27-23-20-17-14-11-8-5-2/h8,11,17,20,27,31,49H,4-7,9-10,12-16,18-19,21-26,28-30,32-48H2,1-3H3/b11-8-,20-17-,31-27-. The molecule has 1 atom stereocenters. The Labute approximate surface area is 359 Å². The van der Waals surface area contributed by atoms with Crippen molar-refractivity contribution in [3.05, 3.63) is 36.5 Å². The molecule has 0 saturated heterocycles. The van der Waals surface area contributed by atoms with Crippen molar-refractivity contribution in [2.45, 2.75) is 264 Å². The van der Waals surface area contributed by atoms with E-state index in [4.69, 9.17) is 14.2 Å². The first kappa shape index (κ1) is 55.6. The van der Waals surface area contributed by atoms with Crippen molar-refractivity contribution in [3.8, 4) is 0 Å². The molecule has 0 aromatic rings. The maximum Gasteiger partial charge on any atom is 0.306 e. The van der Waals surface area contributed by atoms with E-state index in [0.717, 1.165) is 83.5 Å². The number of carbonyl (C=O) groups excluding carboxylic acids is 3. The second-order valence-electron chi connectivity index (χ2n) is 16.7. The van der Waals surface area contributed by atoms with Gasteiger partial charge in [-0.3, -0.25) is 14.4 Å². The summed E-state index contributed by atoms with van der Waals surface area (Å²) in [5.74, 6) is -0.901. The molecule has 0 aliphatic rings. The van der Waals surface area contributed by atoms with Crippen molar-refractivity contribution in [2.75, 3.05) is 13.2 Å². The van der Waals surface area contributed by atoms with Crippen molar-refractivity contribution >= 4 is 17.9 Å². The molecule has 0 fully saturated rings. The number of unbranched alkanes of at least 4 members (excludes halogenated alkanes) is 28. The Kier molecular flexibility index (Phi) is 45.4. The summed E-state index contributed by atoms with van der Waals surface area (Å²) < 4.78 is 16.7. The quantitative estimate of drug-likeness (QED) is 0.0264. The van der Waals surface area contributed by atoms with Crippen LogP contribution in [0.15, 0.2) is 36.5 Å². The van der Waals surface area contributed by atoms with Crippen LogP contribution in [0.3, 0.4) is 0 Å². The molecule has 0 saturated carbocycles. The first-order valence-electron chi connectivity index (χ1n) is 25.0. The first-order chi connectivity index (χ1) is 28.5. The van der Waals surface area contributed by atoms with E-state index in [-0.39, 0.29) is 31.1 Å². The molecule has 1 unspecified atom stereocenters. The van der Waals surface area contributed by atoms with Gasteiger partial charge in [-0.05, 0) is 51.4 Å². The van der Waals surface area contributed by atoms with Gasteiger partial charge in [0.05, 0.1) is 0 Å². The van der Waals surface area contributed by atoms with Crippen LogP contribution in [0.25, 0.3) is 0 Å². The molecule has 0 aromatic carbocycles. The molecule has 0 amide bonds. The highest BCUT2D eigenvalue weighted by Gasteiger charge is 2.19. The van der Waals surface area contributed by atoms with Crippen molar-refractivity contribution in [1.29, 1.82) is 0 Å². The fourth-order valence-corrected chi connectivity index (χ4v) is 7.16. The third-order valence-corrected chi connectivity index (χ3v) is 10.9. The fourth-order valence-electron chi connectivity index (χ4n) is 7.16. The molecule has 0 heterocycles. The Morgan fingerprint density at radius 1 is 0.362 bits per heavy atom. The Morgan fingerprint density at radius 2 is 0.672 bits per heavy atom. The SMILES string of the molecule is CC/C=C\C/C=C\C/C=C\CCCCCC(=O)OC(COC(=O)CCCCCCCCCCCCC)COC(=O)CCCCCCCCCCCCCCCCCC. The van der Waals surface area contributed by atoms with Gasteiger partial charge in [0.2, 0.25) is 0 Å². The molecule has 0 bridgehead atoms. The smallest absolute Gasteiger partial charge is 0.306 e. The summed E-state index contributed by atoms with van der Waals surface area (Å²) in [6.45, 7) is 6.51. The summed E-state index contributed by atoms with van der Waals surface area (Å²) in [5.41, 5.74) is 0. The van der Waals surface area contributed by atoms with Gasteiger partial charge in [0, 0.05) is 19.3 Å². The third-order valence-electron chi connectivity index (χ3n) is 10.9. The van der Waals surface area contributed by atoms with E-state index in [9.17, 15) is 14.4 Å². The minimum absolute atomic E-state index is 0.0801. The maximum absolute atomic E-state index is 12.7. The molecule has 58 heavy (non-hydrogen) atoms. The van der Waals surface area contributed by atoms with Crippen LogP contribution in [-0.2, 0) is 28.6 Å². The fraction of sp³-hybridized carbons (Fsp3) is 0.827.